The molecule has 0 bridgehead atoms. The van der Waals surface area contributed by atoms with Gasteiger partial charge >= 0.3 is 0 Å². The van der Waals surface area contributed by atoms with Crippen LogP contribution in [0.3, 0.4) is 0 Å². The molecule has 2 aliphatic rings. The van der Waals surface area contributed by atoms with Gasteiger partial charge in [-0.3, -0.25) is 0 Å². The van der Waals surface area contributed by atoms with Gasteiger partial charge in [0.2, 0.25) is 0 Å². The molecule has 7 rings (SSSR count). The number of hydrogen-bond acceptors (Lipinski definition) is 8. The van der Waals surface area contributed by atoms with Gasteiger partial charge in [0.25, 0.3) is 0 Å². The molecule has 3 aromatic carbocycles. The first-order chi connectivity index (χ1) is 20.0. The van der Waals surface area contributed by atoms with E-state index in [2.05, 4.69) is 46.7 Å². The van der Waals surface area contributed by atoms with Gasteiger partial charge in [-0.2, -0.15) is 5.10 Å². The van der Waals surface area contributed by atoms with Crippen LogP contribution in [0, 0.1) is 0 Å². The molecule has 2 N–H and O–H groups in total. The second kappa shape index (κ2) is 10.0. The molecule has 2 aromatic heterocycles. The number of anilines is 1. The molecule has 0 radical (unpaired) electrons. The number of aromatic nitrogens is 4. The summed E-state index contributed by atoms with van der Waals surface area (Å²) in [5.74, 6) is -0.175. The highest BCUT2D eigenvalue weighted by Gasteiger charge is 2.56. The lowest BCUT2D eigenvalue weighted by atomic mass is 9.77. The van der Waals surface area contributed by atoms with Gasteiger partial charge in [-0.05, 0) is 30.5 Å². The van der Waals surface area contributed by atoms with Crippen molar-refractivity contribution in [1.82, 2.24) is 19.7 Å². The number of hydrogen-bond donors (Lipinski definition) is 2. The van der Waals surface area contributed by atoms with Gasteiger partial charge in [-0.25, -0.2) is 14.6 Å². The number of benzene rings is 3. The summed E-state index contributed by atoms with van der Waals surface area (Å²) in [6, 6.07) is 31.0. The number of fused-ring (bicyclic) bond motifs is 2. The predicted molar refractivity (Wildman–Crippen MR) is 153 cm³/mol. The first kappa shape index (κ1) is 25.8. The van der Waals surface area contributed by atoms with E-state index in [-0.39, 0.29) is 6.61 Å². The minimum Gasteiger partial charge on any atom is -0.394 e. The molecule has 208 valence electrons. The lowest BCUT2D eigenvalue weighted by Gasteiger charge is -2.37. The molecule has 1 unspecified atom stereocenters. The molecule has 0 amide bonds. The molecule has 41 heavy (non-hydrogen) atoms. The number of nitrogens with zero attached hydrogens (tertiary/aromatic N) is 4. The lowest BCUT2D eigenvalue weighted by Crippen LogP contribution is -2.38. The van der Waals surface area contributed by atoms with Gasteiger partial charge in [0.05, 0.1) is 18.2 Å². The van der Waals surface area contributed by atoms with Crippen LogP contribution in [0.1, 0.15) is 36.8 Å². The molecule has 9 heteroatoms. The van der Waals surface area contributed by atoms with Crippen molar-refractivity contribution in [3.63, 3.8) is 0 Å². The zero-order valence-electron chi connectivity index (χ0n) is 22.8. The van der Waals surface area contributed by atoms with Gasteiger partial charge in [0, 0.05) is 0 Å². The fraction of sp³-hybridized carbons (Fsp3) is 0.281. The fourth-order valence-electron chi connectivity index (χ4n) is 6.11. The Morgan fingerprint density at radius 1 is 0.829 bits per heavy atom. The van der Waals surface area contributed by atoms with Crippen molar-refractivity contribution in [3.8, 4) is 0 Å². The minimum atomic E-state index is -0.796. The Morgan fingerprint density at radius 2 is 1.39 bits per heavy atom. The van der Waals surface area contributed by atoms with Crippen molar-refractivity contribution in [1.29, 1.82) is 0 Å². The number of nitrogens with one attached hydrogen (secondary N) is 1. The lowest BCUT2D eigenvalue weighted by molar-refractivity contribution is -0.201. The molecule has 4 atom stereocenters. The molecule has 5 aromatic rings. The summed E-state index contributed by atoms with van der Waals surface area (Å²) in [7, 11) is 0. The Bertz CT molecular complexity index is 1550. The summed E-state index contributed by atoms with van der Waals surface area (Å²) in [4.78, 5) is 9.32. The first-order valence-corrected chi connectivity index (χ1v) is 13.7. The largest absolute Gasteiger partial charge is 0.394 e. The molecular formula is C32H31N5O4. The van der Waals surface area contributed by atoms with Crippen LogP contribution in [0.25, 0.3) is 11.0 Å². The van der Waals surface area contributed by atoms with Crippen molar-refractivity contribution >= 4 is 16.9 Å². The van der Waals surface area contributed by atoms with Crippen LogP contribution in [-0.2, 0) is 19.7 Å². The zero-order chi connectivity index (χ0) is 28.0. The normalized spacial score (nSPS) is 23.5. The van der Waals surface area contributed by atoms with Crippen molar-refractivity contribution < 1.29 is 19.3 Å². The SMILES string of the molecule is CC1(C)OC2[C@@H](O1)[C@@H](CO)O[C@H]2n1ncc2c(NC(c3ccccc3)(c3ccccc3)c3ccccc3)ncnc21. The Morgan fingerprint density at radius 3 is 1.95 bits per heavy atom. The van der Waals surface area contributed by atoms with Gasteiger partial charge in [0.1, 0.15) is 36.0 Å². The summed E-state index contributed by atoms with van der Waals surface area (Å²) in [6.45, 7) is 3.53. The molecule has 0 spiro atoms. The summed E-state index contributed by atoms with van der Waals surface area (Å²) in [6.07, 6.45) is 1.25. The van der Waals surface area contributed by atoms with Crippen molar-refractivity contribution in [2.45, 2.75) is 49.7 Å². The zero-order valence-corrected chi connectivity index (χ0v) is 22.8. The van der Waals surface area contributed by atoms with Crippen LogP contribution in [0.4, 0.5) is 5.82 Å². The molecule has 2 fully saturated rings. The van der Waals surface area contributed by atoms with Crippen LogP contribution in [0.5, 0.6) is 0 Å². The van der Waals surface area contributed by atoms with E-state index in [4.69, 9.17) is 24.3 Å². The molecule has 2 saturated heterocycles. The second-order valence-corrected chi connectivity index (χ2v) is 10.8. The maximum atomic E-state index is 9.98. The summed E-state index contributed by atoms with van der Waals surface area (Å²) in [5.41, 5.74) is 2.99. The Balaban J connectivity index is 1.37. The van der Waals surface area contributed by atoms with E-state index in [1.807, 2.05) is 68.4 Å². The Hall–Kier alpha value is -4.15. The van der Waals surface area contributed by atoms with Gasteiger partial charge in [-0.1, -0.05) is 91.0 Å². The molecular weight excluding hydrogens is 518 g/mol. The van der Waals surface area contributed by atoms with Crippen molar-refractivity contribution in [3.05, 3.63) is 120 Å². The molecule has 0 aliphatic carbocycles. The van der Waals surface area contributed by atoms with Crippen LogP contribution in [0.15, 0.2) is 104 Å². The van der Waals surface area contributed by atoms with E-state index in [1.54, 1.807) is 10.9 Å². The van der Waals surface area contributed by atoms with Crippen LogP contribution in [-0.4, -0.2) is 55.6 Å². The van der Waals surface area contributed by atoms with Gasteiger partial charge < -0.3 is 24.6 Å². The van der Waals surface area contributed by atoms with E-state index in [9.17, 15) is 5.11 Å². The number of aliphatic hydroxyl groups is 1. The quantitative estimate of drug-likeness (QED) is 0.283. The molecule has 9 nitrogen and oxygen atoms in total. The predicted octanol–water partition coefficient (Wildman–Crippen LogP) is 4.64. The van der Waals surface area contributed by atoms with Crippen LogP contribution in [0.2, 0.25) is 0 Å². The second-order valence-electron chi connectivity index (χ2n) is 10.8. The van der Waals surface area contributed by atoms with E-state index in [0.29, 0.717) is 11.5 Å². The monoisotopic (exact) mass is 549 g/mol. The average Bonchev–Trinajstić information content (AvgIpc) is 3.68. The van der Waals surface area contributed by atoms with E-state index >= 15 is 0 Å². The number of rotatable bonds is 7. The topological polar surface area (TPSA) is 104 Å². The first-order valence-electron chi connectivity index (χ1n) is 13.7. The standard InChI is InChI=1S/C32H31N5O4/c1-31(2)40-26-25(19-38)39-30(27(26)41-31)37-29-24(18-35-37)28(33-20-34-29)36-32(21-12-6-3-7-13-21,22-14-8-4-9-15-22)23-16-10-5-11-17-23/h3-18,20,25-27,30,38H,19H2,1-2H3,(H,33,34,36)/t25-,26+,27?,30-/m1/s1. The molecule has 0 saturated carbocycles. The molecule has 2 aliphatic heterocycles. The van der Waals surface area contributed by atoms with Crippen molar-refractivity contribution in [2.24, 2.45) is 0 Å². The highest BCUT2D eigenvalue weighted by molar-refractivity contribution is 5.87. The smallest absolute Gasteiger partial charge is 0.181 e. The maximum Gasteiger partial charge on any atom is 0.181 e. The van der Waals surface area contributed by atoms with Crippen molar-refractivity contribution in [2.75, 3.05) is 11.9 Å². The Kier molecular flexibility index (Phi) is 6.32. The third-order valence-electron chi connectivity index (χ3n) is 7.86. The number of aliphatic hydroxyl groups excluding tert-OH is 1. The van der Waals surface area contributed by atoms with E-state index < -0.39 is 35.9 Å². The fourth-order valence-corrected chi connectivity index (χ4v) is 6.11. The third kappa shape index (κ3) is 4.29. The third-order valence-corrected chi connectivity index (χ3v) is 7.86. The summed E-state index contributed by atoms with van der Waals surface area (Å²) >= 11 is 0. The van der Waals surface area contributed by atoms with Gasteiger partial charge in [-0.15, -0.1) is 0 Å². The molecule has 4 heterocycles. The van der Waals surface area contributed by atoms with Gasteiger partial charge in [0.15, 0.2) is 17.7 Å². The highest BCUT2D eigenvalue weighted by Crippen LogP contribution is 2.44. The summed E-state index contributed by atoms with van der Waals surface area (Å²) < 4.78 is 20.2. The maximum absolute atomic E-state index is 9.98. The highest BCUT2D eigenvalue weighted by atomic mass is 16.8. The Labute approximate surface area is 237 Å². The van der Waals surface area contributed by atoms with E-state index in [1.165, 1.54) is 6.33 Å². The van der Waals surface area contributed by atoms with Crippen LogP contribution >= 0.6 is 0 Å². The number of ether oxygens (including phenoxy) is 3. The average molecular weight is 550 g/mol. The van der Waals surface area contributed by atoms with Crippen LogP contribution < -0.4 is 5.32 Å². The summed E-state index contributed by atoms with van der Waals surface area (Å²) in [5, 5.41) is 19.2. The minimum absolute atomic E-state index is 0.189. The van der Waals surface area contributed by atoms with E-state index in [0.717, 1.165) is 22.1 Å².